The van der Waals surface area contributed by atoms with E-state index in [9.17, 15) is 0 Å². The maximum absolute atomic E-state index is 3.74. The van der Waals surface area contributed by atoms with Gasteiger partial charge in [0, 0.05) is 16.1 Å². The van der Waals surface area contributed by atoms with Crippen LogP contribution in [-0.2, 0) is 5.41 Å². The Kier molecular flexibility index (Phi) is 6.94. The van der Waals surface area contributed by atoms with Crippen LogP contribution in [0.4, 0.5) is 0 Å². The molecule has 18 heavy (non-hydrogen) atoms. The zero-order chi connectivity index (χ0) is 13.6. The largest absolute Gasteiger partial charge is 0.0918 e. The van der Waals surface area contributed by atoms with Crippen LogP contribution in [0.3, 0.4) is 0 Å². The van der Waals surface area contributed by atoms with Crippen molar-refractivity contribution in [3.8, 4) is 0 Å². The molecule has 1 aromatic rings. The van der Waals surface area contributed by atoms with E-state index in [1.165, 1.54) is 30.4 Å². The lowest BCUT2D eigenvalue weighted by atomic mass is 9.76. The van der Waals surface area contributed by atoms with Crippen molar-refractivity contribution in [1.82, 2.24) is 0 Å². The Balaban J connectivity index is 2.99. The van der Waals surface area contributed by atoms with Gasteiger partial charge < -0.3 is 0 Å². The zero-order valence-corrected chi connectivity index (χ0v) is 14.9. The van der Waals surface area contributed by atoms with Crippen molar-refractivity contribution in [3.63, 3.8) is 0 Å². The standard InChI is InChI=1S/C16H24Br2/c1-4-6-14(3)10-16(11-17,12-18)15-8-5-7-13(2)9-15/h5,7-9,14H,4,6,10-12H2,1-3H3. The summed E-state index contributed by atoms with van der Waals surface area (Å²) in [5.74, 6) is 0.769. The Morgan fingerprint density at radius 3 is 2.39 bits per heavy atom. The van der Waals surface area contributed by atoms with Gasteiger partial charge in [0.25, 0.3) is 0 Å². The Hall–Kier alpha value is 0.180. The van der Waals surface area contributed by atoms with Crippen LogP contribution in [-0.4, -0.2) is 10.7 Å². The fraction of sp³-hybridized carbons (Fsp3) is 0.625. The molecule has 0 aliphatic carbocycles. The first-order chi connectivity index (χ1) is 8.57. The quantitative estimate of drug-likeness (QED) is 0.524. The van der Waals surface area contributed by atoms with Gasteiger partial charge in [-0.15, -0.1) is 0 Å². The molecule has 0 heterocycles. The third-order valence-corrected chi connectivity index (χ3v) is 5.81. The third-order valence-electron chi connectivity index (χ3n) is 3.66. The van der Waals surface area contributed by atoms with E-state index in [4.69, 9.17) is 0 Å². The zero-order valence-electron chi connectivity index (χ0n) is 11.7. The predicted molar refractivity (Wildman–Crippen MR) is 89.1 cm³/mol. The minimum atomic E-state index is 0.223. The van der Waals surface area contributed by atoms with E-state index in [0.717, 1.165) is 16.6 Å². The number of hydrogen-bond donors (Lipinski definition) is 0. The molecule has 2 heteroatoms. The van der Waals surface area contributed by atoms with E-state index in [1.54, 1.807) is 0 Å². The van der Waals surface area contributed by atoms with E-state index in [2.05, 4.69) is 76.9 Å². The van der Waals surface area contributed by atoms with Crippen molar-refractivity contribution in [3.05, 3.63) is 35.4 Å². The van der Waals surface area contributed by atoms with E-state index in [0.29, 0.717) is 0 Å². The highest BCUT2D eigenvalue weighted by Gasteiger charge is 2.31. The van der Waals surface area contributed by atoms with Crippen LogP contribution >= 0.6 is 31.9 Å². The van der Waals surface area contributed by atoms with Gasteiger partial charge in [-0.1, -0.05) is 88.4 Å². The predicted octanol–water partition coefficient (Wildman–Crippen LogP) is 5.85. The molecule has 0 N–H and O–H groups in total. The van der Waals surface area contributed by atoms with E-state index < -0.39 is 0 Å². The van der Waals surface area contributed by atoms with Crippen molar-refractivity contribution in [1.29, 1.82) is 0 Å². The van der Waals surface area contributed by atoms with Crippen LogP contribution in [0.1, 0.15) is 44.2 Å². The van der Waals surface area contributed by atoms with Crippen LogP contribution < -0.4 is 0 Å². The number of aryl methyl sites for hydroxylation is 1. The van der Waals surface area contributed by atoms with Crippen molar-refractivity contribution in [2.45, 2.75) is 45.4 Å². The molecule has 0 saturated heterocycles. The lowest BCUT2D eigenvalue weighted by Crippen LogP contribution is -2.32. The Morgan fingerprint density at radius 1 is 1.22 bits per heavy atom. The Bertz CT molecular complexity index is 356. The summed E-state index contributed by atoms with van der Waals surface area (Å²) in [5.41, 5.74) is 3.03. The van der Waals surface area contributed by atoms with E-state index in [1.807, 2.05) is 0 Å². The first-order valence-electron chi connectivity index (χ1n) is 6.77. The smallest absolute Gasteiger partial charge is 0.0149 e. The molecule has 0 aromatic heterocycles. The van der Waals surface area contributed by atoms with Gasteiger partial charge in [-0.2, -0.15) is 0 Å². The van der Waals surface area contributed by atoms with Crippen molar-refractivity contribution < 1.29 is 0 Å². The molecule has 0 amide bonds. The number of alkyl halides is 2. The first kappa shape index (κ1) is 16.2. The highest BCUT2D eigenvalue weighted by molar-refractivity contribution is 9.09. The summed E-state index contributed by atoms with van der Waals surface area (Å²) < 4.78 is 0. The number of rotatable bonds is 7. The molecule has 1 aromatic carbocycles. The fourth-order valence-corrected chi connectivity index (χ4v) is 4.69. The first-order valence-corrected chi connectivity index (χ1v) is 9.01. The molecule has 0 radical (unpaired) electrons. The van der Waals surface area contributed by atoms with Gasteiger partial charge in [-0.3, -0.25) is 0 Å². The minimum Gasteiger partial charge on any atom is -0.0918 e. The summed E-state index contributed by atoms with van der Waals surface area (Å²) in [5, 5.41) is 2.03. The molecule has 102 valence electrons. The molecular weight excluding hydrogens is 352 g/mol. The third kappa shape index (κ3) is 4.09. The average molecular weight is 376 g/mol. The van der Waals surface area contributed by atoms with Crippen LogP contribution in [0.5, 0.6) is 0 Å². The van der Waals surface area contributed by atoms with Crippen molar-refractivity contribution >= 4 is 31.9 Å². The molecule has 1 unspecified atom stereocenters. The average Bonchev–Trinajstić information content (AvgIpc) is 2.36. The summed E-state index contributed by atoms with van der Waals surface area (Å²) in [6.45, 7) is 6.82. The molecule has 0 nitrogen and oxygen atoms in total. The van der Waals surface area contributed by atoms with Gasteiger partial charge in [0.05, 0.1) is 0 Å². The molecular formula is C16H24Br2. The maximum Gasteiger partial charge on any atom is 0.0149 e. The summed E-state index contributed by atoms with van der Waals surface area (Å²) in [7, 11) is 0. The van der Waals surface area contributed by atoms with Gasteiger partial charge in [0.1, 0.15) is 0 Å². The topological polar surface area (TPSA) is 0 Å². The van der Waals surface area contributed by atoms with Crippen LogP contribution in [0.25, 0.3) is 0 Å². The Labute approximate surface area is 129 Å². The molecule has 1 rings (SSSR count). The summed E-state index contributed by atoms with van der Waals surface area (Å²) >= 11 is 7.49. The van der Waals surface area contributed by atoms with Gasteiger partial charge >= 0.3 is 0 Å². The van der Waals surface area contributed by atoms with Gasteiger partial charge in [0.15, 0.2) is 0 Å². The molecule has 0 bridgehead atoms. The van der Waals surface area contributed by atoms with Crippen LogP contribution in [0.15, 0.2) is 24.3 Å². The molecule has 0 spiro atoms. The highest BCUT2D eigenvalue weighted by Crippen LogP contribution is 2.36. The second-order valence-corrected chi connectivity index (χ2v) is 6.64. The lowest BCUT2D eigenvalue weighted by Gasteiger charge is -2.33. The lowest BCUT2D eigenvalue weighted by molar-refractivity contribution is 0.374. The number of halogens is 2. The van der Waals surface area contributed by atoms with Gasteiger partial charge in [-0.25, -0.2) is 0 Å². The summed E-state index contributed by atoms with van der Waals surface area (Å²) in [6.07, 6.45) is 3.82. The number of hydrogen-bond acceptors (Lipinski definition) is 0. The Morgan fingerprint density at radius 2 is 1.89 bits per heavy atom. The van der Waals surface area contributed by atoms with Crippen LogP contribution in [0, 0.1) is 12.8 Å². The molecule has 0 saturated carbocycles. The summed E-state index contributed by atoms with van der Waals surface area (Å²) in [4.78, 5) is 0. The number of benzene rings is 1. The normalized spacial score (nSPS) is 13.6. The van der Waals surface area contributed by atoms with Crippen LogP contribution in [0.2, 0.25) is 0 Å². The van der Waals surface area contributed by atoms with E-state index >= 15 is 0 Å². The van der Waals surface area contributed by atoms with Crippen molar-refractivity contribution in [2.75, 3.05) is 10.7 Å². The second-order valence-electron chi connectivity index (χ2n) is 5.52. The molecule has 1 atom stereocenters. The van der Waals surface area contributed by atoms with Gasteiger partial charge in [-0.05, 0) is 24.8 Å². The van der Waals surface area contributed by atoms with Gasteiger partial charge in [0.2, 0.25) is 0 Å². The molecule has 0 aliphatic heterocycles. The fourth-order valence-electron chi connectivity index (χ4n) is 2.65. The SMILES string of the molecule is CCCC(C)CC(CBr)(CBr)c1cccc(C)c1. The van der Waals surface area contributed by atoms with Crippen molar-refractivity contribution in [2.24, 2.45) is 5.92 Å². The molecule has 0 aliphatic rings. The summed E-state index contributed by atoms with van der Waals surface area (Å²) in [6, 6.07) is 8.96. The highest BCUT2D eigenvalue weighted by atomic mass is 79.9. The minimum absolute atomic E-state index is 0.223. The van der Waals surface area contributed by atoms with E-state index in [-0.39, 0.29) is 5.41 Å². The maximum atomic E-state index is 3.74. The molecule has 0 fully saturated rings. The monoisotopic (exact) mass is 374 g/mol. The second kappa shape index (κ2) is 7.69.